The molecule has 1 aromatic carbocycles. The Labute approximate surface area is 164 Å². The molecule has 0 spiro atoms. The molecule has 140 valence electrons. The van der Waals surface area contributed by atoms with Crippen LogP contribution in [0.2, 0.25) is 0 Å². The first-order valence-corrected chi connectivity index (χ1v) is 9.62. The van der Waals surface area contributed by atoms with Crippen LogP contribution in [0.3, 0.4) is 0 Å². The summed E-state index contributed by atoms with van der Waals surface area (Å²) in [5.41, 5.74) is 2.13. The van der Waals surface area contributed by atoms with Crippen LogP contribution >= 0.6 is 11.3 Å². The zero-order chi connectivity index (χ0) is 19.7. The summed E-state index contributed by atoms with van der Waals surface area (Å²) >= 11 is 1.17. The summed E-state index contributed by atoms with van der Waals surface area (Å²) in [5, 5.41) is 1.46. The van der Waals surface area contributed by atoms with Gasteiger partial charge < -0.3 is 9.72 Å². The van der Waals surface area contributed by atoms with Gasteiger partial charge in [-0.2, -0.15) is 0 Å². The molecule has 4 rings (SSSR count). The van der Waals surface area contributed by atoms with Gasteiger partial charge in [0, 0.05) is 17.1 Å². The summed E-state index contributed by atoms with van der Waals surface area (Å²) in [5.74, 6) is -0.0107. The van der Waals surface area contributed by atoms with Gasteiger partial charge in [-0.1, -0.05) is 24.3 Å². The lowest BCUT2D eigenvalue weighted by Crippen LogP contribution is -2.10. The Morgan fingerprint density at radius 2 is 2.07 bits per heavy atom. The van der Waals surface area contributed by atoms with Gasteiger partial charge in [0.1, 0.15) is 15.5 Å². The number of hydrogen-bond acceptors (Lipinski definition) is 6. The van der Waals surface area contributed by atoms with Crippen LogP contribution in [0.4, 0.5) is 0 Å². The maximum Gasteiger partial charge on any atom is 0.348 e. The summed E-state index contributed by atoms with van der Waals surface area (Å²) in [4.78, 5) is 37.3. The number of nitrogens with one attached hydrogen (secondary N) is 1. The number of esters is 1. The maximum atomic E-state index is 12.6. The predicted molar refractivity (Wildman–Crippen MR) is 112 cm³/mol. The van der Waals surface area contributed by atoms with Gasteiger partial charge in [-0.3, -0.25) is 9.78 Å². The van der Waals surface area contributed by atoms with Crippen LogP contribution in [0, 0.1) is 6.92 Å². The molecule has 0 atom stereocenters. The molecule has 0 radical (unpaired) electrons. The second-order valence-electron chi connectivity index (χ2n) is 6.16. The summed E-state index contributed by atoms with van der Waals surface area (Å²) in [7, 11) is 0. The van der Waals surface area contributed by atoms with Crippen molar-refractivity contribution in [3.8, 4) is 0 Å². The molecule has 7 heteroatoms. The number of rotatable bonds is 4. The Kier molecular flexibility index (Phi) is 4.75. The molecule has 0 aliphatic carbocycles. The first kappa shape index (κ1) is 18.1. The summed E-state index contributed by atoms with van der Waals surface area (Å²) in [6, 6.07) is 9.80. The van der Waals surface area contributed by atoms with Crippen LogP contribution in [0.15, 0.2) is 41.3 Å². The number of benzene rings is 1. The minimum absolute atomic E-state index is 0.273. The number of pyridine rings is 1. The van der Waals surface area contributed by atoms with Crippen molar-refractivity contribution in [3.05, 3.63) is 68.7 Å². The zero-order valence-electron chi connectivity index (χ0n) is 15.4. The number of nitrogens with zero attached hydrogens (tertiary/aromatic N) is 2. The summed E-state index contributed by atoms with van der Waals surface area (Å²) < 4.78 is 5.07. The Balaban J connectivity index is 1.76. The van der Waals surface area contributed by atoms with E-state index < -0.39 is 5.97 Å². The maximum absolute atomic E-state index is 12.6. The van der Waals surface area contributed by atoms with Crippen molar-refractivity contribution in [1.82, 2.24) is 15.0 Å². The van der Waals surface area contributed by atoms with Crippen molar-refractivity contribution in [2.24, 2.45) is 0 Å². The first-order valence-electron chi connectivity index (χ1n) is 8.81. The van der Waals surface area contributed by atoms with E-state index in [0.717, 1.165) is 16.5 Å². The van der Waals surface area contributed by atoms with Gasteiger partial charge >= 0.3 is 5.97 Å². The number of aromatic nitrogens is 3. The van der Waals surface area contributed by atoms with Gasteiger partial charge in [-0.15, -0.1) is 11.3 Å². The molecule has 6 nitrogen and oxygen atoms in total. The van der Waals surface area contributed by atoms with Crippen LogP contribution in [0.5, 0.6) is 0 Å². The number of fused-ring (bicyclic) bond motifs is 2. The molecule has 0 unspecified atom stereocenters. The number of aromatic amines is 1. The van der Waals surface area contributed by atoms with Crippen molar-refractivity contribution >= 4 is 50.6 Å². The molecular formula is C21H17N3O3S. The fraction of sp³-hybridized carbons (Fsp3) is 0.143. The van der Waals surface area contributed by atoms with E-state index >= 15 is 0 Å². The summed E-state index contributed by atoms with van der Waals surface area (Å²) in [6.45, 7) is 3.76. The monoisotopic (exact) mass is 391 g/mol. The van der Waals surface area contributed by atoms with Gasteiger partial charge in [0.2, 0.25) is 0 Å². The van der Waals surface area contributed by atoms with Crippen molar-refractivity contribution in [2.45, 2.75) is 13.8 Å². The fourth-order valence-corrected chi connectivity index (χ4v) is 4.14. The van der Waals surface area contributed by atoms with E-state index in [9.17, 15) is 9.59 Å². The van der Waals surface area contributed by atoms with E-state index in [4.69, 9.17) is 4.74 Å². The molecule has 0 fully saturated rings. The van der Waals surface area contributed by atoms with Crippen LogP contribution in [0.1, 0.15) is 33.5 Å². The Morgan fingerprint density at radius 1 is 1.25 bits per heavy atom. The third kappa shape index (κ3) is 3.20. The number of aryl methyl sites for hydroxylation is 1. The quantitative estimate of drug-likeness (QED) is 0.527. The average molecular weight is 391 g/mol. The molecule has 4 aromatic rings. The molecule has 0 aliphatic rings. The van der Waals surface area contributed by atoms with Gasteiger partial charge in [0.25, 0.3) is 5.56 Å². The molecule has 3 aromatic heterocycles. The largest absolute Gasteiger partial charge is 0.462 e. The van der Waals surface area contributed by atoms with Crippen molar-refractivity contribution in [1.29, 1.82) is 0 Å². The topological polar surface area (TPSA) is 84.9 Å². The zero-order valence-corrected chi connectivity index (χ0v) is 16.2. The minimum atomic E-state index is -0.429. The van der Waals surface area contributed by atoms with E-state index in [0.29, 0.717) is 26.5 Å². The molecule has 0 saturated carbocycles. The van der Waals surface area contributed by atoms with E-state index in [1.165, 1.54) is 11.3 Å². The third-order valence-corrected chi connectivity index (χ3v) is 5.53. The van der Waals surface area contributed by atoms with Crippen LogP contribution in [0.25, 0.3) is 33.3 Å². The fourth-order valence-electron chi connectivity index (χ4n) is 3.06. The highest BCUT2D eigenvalue weighted by atomic mass is 32.1. The molecular weight excluding hydrogens is 374 g/mol. The van der Waals surface area contributed by atoms with E-state index in [-0.39, 0.29) is 12.2 Å². The number of hydrogen-bond donors (Lipinski definition) is 1. The Hall–Kier alpha value is -3.32. The molecule has 0 bridgehead atoms. The predicted octanol–water partition coefficient (Wildman–Crippen LogP) is 4.19. The molecule has 0 amide bonds. The molecule has 3 heterocycles. The lowest BCUT2D eigenvalue weighted by molar-refractivity contribution is 0.0531. The number of H-pyrrole nitrogens is 1. The molecule has 28 heavy (non-hydrogen) atoms. The lowest BCUT2D eigenvalue weighted by Gasteiger charge is -2.00. The SMILES string of the molecule is CCOC(=O)c1sc2nc(C=Cc3cccc4cccnc34)[nH]c(=O)c2c1C. The molecule has 0 saturated heterocycles. The third-order valence-electron chi connectivity index (χ3n) is 4.36. The Bertz CT molecular complexity index is 1280. The van der Waals surface area contributed by atoms with Gasteiger partial charge in [-0.25, -0.2) is 9.78 Å². The van der Waals surface area contributed by atoms with Gasteiger partial charge in [0.15, 0.2) is 0 Å². The van der Waals surface area contributed by atoms with Crippen LogP contribution in [-0.2, 0) is 4.74 Å². The number of para-hydroxylation sites is 1. The van der Waals surface area contributed by atoms with Crippen molar-refractivity contribution < 1.29 is 9.53 Å². The second kappa shape index (κ2) is 7.36. The van der Waals surface area contributed by atoms with Gasteiger partial charge in [0.05, 0.1) is 17.5 Å². The van der Waals surface area contributed by atoms with Gasteiger partial charge in [-0.05, 0) is 37.6 Å². The highest BCUT2D eigenvalue weighted by molar-refractivity contribution is 7.20. The summed E-state index contributed by atoms with van der Waals surface area (Å²) in [6.07, 6.45) is 5.35. The second-order valence-corrected chi connectivity index (χ2v) is 7.16. The van der Waals surface area contributed by atoms with E-state index in [1.54, 1.807) is 26.1 Å². The smallest absolute Gasteiger partial charge is 0.348 e. The minimum Gasteiger partial charge on any atom is -0.462 e. The van der Waals surface area contributed by atoms with Crippen molar-refractivity contribution in [2.75, 3.05) is 6.61 Å². The number of thiophene rings is 1. The highest BCUT2D eigenvalue weighted by Crippen LogP contribution is 2.28. The molecule has 1 N–H and O–H groups in total. The lowest BCUT2D eigenvalue weighted by atomic mass is 10.1. The number of ether oxygens (including phenoxy) is 1. The standard InChI is InChI=1S/C21H17N3O3S/c1-3-27-21(26)18-12(2)16-19(25)23-15(24-20(16)28-18)10-9-14-7-4-6-13-8-5-11-22-17(13)14/h4-11H,3H2,1-2H3,(H,23,24,25). The van der Waals surface area contributed by atoms with E-state index in [1.807, 2.05) is 36.4 Å². The molecule has 0 aliphatic heterocycles. The van der Waals surface area contributed by atoms with E-state index in [2.05, 4.69) is 15.0 Å². The van der Waals surface area contributed by atoms with Crippen molar-refractivity contribution in [3.63, 3.8) is 0 Å². The Morgan fingerprint density at radius 3 is 2.89 bits per heavy atom. The number of carbonyl (C=O) groups is 1. The van der Waals surface area contributed by atoms with Crippen LogP contribution < -0.4 is 5.56 Å². The first-order chi connectivity index (χ1) is 13.6. The normalized spacial score (nSPS) is 11.5. The average Bonchev–Trinajstić information content (AvgIpc) is 3.03. The number of carbonyl (C=O) groups excluding carboxylic acids is 1. The highest BCUT2D eigenvalue weighted by Gasteiger charge is 2.19. The van der Waals surface area contributed by atoms with Crippen LogP contribution in [-0.4, -0.2) is 27.5 Å².